The van der Waals surface area contributed by atoms with Crippen LogP contribution in [0.2, 0.25) is 0 Å². The highest BCUT2D eigenvalue weighted by atomic mass is 16.5. The molecule has 39 heavy (non-hydrogen) atoms. The fraction of sp³-hybridized carbons (Fsp3) is 0.267. The molecule has 0 bridgehead atoms. The molecule has 1 aliphatic heterocycles. The number of benzene rings is 3. The lowest BCUT2D eigenvalue weighted by molar-refractivity contribution is -0.130. The van der Waals surface area contributed by atoms with Crippen LogP contribution in [-0.4, -0.2) is 46.6 Å². The zero-order chi connectivity index (χ0) is 27.1. The van der Waals surface area contributed by atoms with E-state index in [1.165, 1.54) is 24.9 Å². The Balaban J connectivity index is 1.27. The number of ether oxygens (including phenoxy) is 1. The van der Waals surface area contributed by atoms with Gasteiger partial charge in [0.2, 0.25) is 6.41 Å². The highest BCUT2D eigenvalue weighted by Gasteiger charge is 2.41. The molecular formula is C30H29N5O4. The first kappa shape index (κ1) is 24.8. The number of methoxy groups -OCH3 is 1. The molecule has 1 fully saturated rings. The SMILES string of the molecule is COc1ccc2c(c1)C(=O)N(C[C@@](N)(C(=O)NC=O)c1ccc(-c3ccc4c(cnn4CC4CC4)c3)cc1)C2. The summed E-state index contributed by atoms with van der Waals surface area (Å²) in [4.78, 5) is 38.9. The quantitative estimate of drug-likeness (QED) is 0.325. The normalized spacial score (nSPS) is 16.2. The molecular weight excluding hydrogens is 494 g/mol. The standard InChI is InChI=1S/C30H29N5O4/c1-39-25-10-6-22-16-34(28(37)26(22)13-25)17-30(31,29(38)32-18-36)24-8-4-20(5-9-24)21-7-11-27-23(12-21)14-33-35(27)15-19-2-3-19/h4-14,18-19H,2-3,15-17,31H2,1H3,(H,32,36,38)/t30-/m0/s1. The number of nitrogens with zero attached hydrogens (tertiary/aromatic N) is 3. The largest absolute Gasteiger partial charge is 0.497 e. The van der Waals surface area contributed by atoms with E-state index in [1.54, 1.807) is 24.3 Å². The highest BCUT2D eigenvalue weighted by Crippen LogP contribution is 2.33. The van der Waals surface area contributed by atoms with Crippen LogP contribution in [-0.2, 0) is 28.2 Å². The van der Waals surface area contributed by atoms with Gasteiger partial charge in [0, 0.05) is 24.0 Å². The van der Waals surface area contributed by atoms with Gasteiger partial charge in [-0.05, 0) is 65.3 Å². The molecule has 3 aromatic carbocycles. The van der Waals surface area contributed by atoms with Crippen LogP contribution in [0.25, 0.3) is 22.0 Å². The van der Waals surface area contributed by atoms with E-state index < -0.39 is 11.4 Å². The summed E-state index contributed by atoms with van der Waals surface area (Å²) >= 11 is 0. The fourth-order valence-corrected chi connectivity index (χ4v) is 5.29. The predicted molar refractivity (Wildman–Crippen MR) is 146 cm³/mol. The number of rotatable bonds is 9. The number of aromatic nitrogens is 2. The summed E-state index contributed by atoms with van der Waals surface area (Å²) in [5.41, 5.74) is 9.95. The molecule has 3 amide bonds. The van der Waals surface area contributed by atoms with Crippen molar-refractivity contribution in [1.29, 1.82) is 0 Å². The Hall–Kier alpha value is -4.50. The second kappa shape index (κ2) is 9.67. The molecule has 1 saturated carbocycles. The van der Waals surface area contributed by atoms with Crippen LogP contribution in [0.1, 0.15) is 34.3 Å². The number of fused-ring (bicyclic) bond motifs is 2. The van der Waals surface area contributed by atoms with Crippen LogP contribution in [0.4, 0.5) is 0 Å². The Morgan fingerprint density at radius 1 is 1.13 bits per heavy atom. The van der Waals surface area contributed by atoms with Crippen molar-refractivity contribution < 1.29 is 19.1 Å². The first-order valence-corrected chi connectivity index (χ1v) is 13.0. The van der Waals surface area contributed by atoms with Gasteiger partial charge in [-0.15, -0.1) is 0 Å². The third kappa shape index (κ3) is 4.55. The van der Waals surface area contributed by atoms with E-state index in [1.807, 2.05) is 24.4 Å². The molecule has 0 spiro atoms. The number of nitrogens with one attached hydrogen (secondary N) is 1. The number of hydrogen-bond acceptors (Lipinski definition) is 6. The average molecular weight is 524 g/mol. The van der Waals surface area contributed by atoms with Crippen LogP contribution in [0, 0.1) is 5.92 Å². The van der Waals surface area contributed by atoms with Crippen molar-refractivity contribution in [2.75, 3.05) is 13.7 Å². The molecule has 1 aliphatic carbocycles. The molecule has 1 aromatic heterocycles. The van der Waals surface area contributed by atoms with Gasteiger partial charge in [-0.1, -0.05) is 36.4 Å². The first-order chi connectivity index (χ1) is 18.9. The number of nitrogens with two attached hydrogens (primary N) is 1. The summed E-state index contributed by atoms with van der Waals surface area (Å²) in [5.74, 6) is 0.382. The van der Waals surface area contributed by atoms with Crippen LogP contribution in [0.15, 0.2) is 66.9 Å². The zero-order valence-corrected chi connectivity index (χ0v) is 21.6. The van der Waals surface area contributed by atoms with Crippen molar-refractivity contribution in [2.24, 2.45) is 11.7 Å². The van der Waals surface area contributed by atoms with Crippen LogP contribution in [0.3, 0.4) is 0 Å². The number of hydrogen-bond donors (Lipinski definition) is 2. The zero-order valence-electron chi connectivity index (χ0n) is 21.6. The van der Waals surface area contributed by atoms with Crippen molar-refractivity contribution in [3.05, 3.63) is 83.6 Å². The Morgan fingerprint density at radius 3 is 2.62 bits per heavy atom. The van der Waals surface area contributed by atoms with E-state index in [0.29, 0.717) is 29.8 Å². The summed E-state index contributed by atoms with van der Waals surface area (Å²) in [7, 11) is 1.54. The second-order valence-corrected chi connectivity index (χ2v) is 10.4. The molecule has 198 valence electrons. The molecule has 4 aromatic rings. The summed E-state index contributed by atoms with van der Waals surface area (Å²) in [6.07, 6.45) is 4.74. The fourth-order valence-electron chi connectivity index (χ4n) is 5.29. The smallest absolute Gasteiger partial charge is 0.254 e. The monoisotopic (exact) mass is 523 g/mol. The number of imide groups is 1. The summed E-state index contributed by atoms with van der Waals surface area (Å²) in [6.45, 7) is 1.16. The van der Waals surface area contributed by atoms with E-state index in [4.69, 9.17) is 10.5 Å². The van der Waals surface area contributed by atoms with Crippen molar-refractivity contribution in [1.82, 2.24) is 20.0 Å². The molecule has 9 heteroatoms. The third-order valence-corrected chi connectivity index (χ3v) is 7.73. The van der Waals surface area contributed by atoms with Crippen molar-refractivity contribution in [3.63, 3.8) is 0 Å². The van der Waals surface area contributed by atoms with E-state index in [2.05, 4.69) is 33.3 Å². The maximum absolute atomic E-state index is 13.2. The summed E-state index contributed by atoms with van der Waals surface area (Å²) in [5, 5.41) is 7.82. The minimum Gasteiger partial charge on any atom is -0.497 e. The summed E-state index contributed by atoms with van der Waals surface area (Å²) in [6, 6.07) is 18.9. The van der Waals surface area contributed by atoms with Gasteiger partial charge in [0.1, 0.15) is 11.3 Å². The van der Waals surface area contributed by atoms with Crippen molar-refractivity contribution in [2.45, 2.75) is 31.5 Å². The van der Waals surface area contributed by atoms with Gasteiger partial charge >= 0.3 is 0 Å². The maximum atomic E-state index is 13.2. The van der Waals surface area contributed by atoms with Gasteiger partial charge in [-0.2, -0.15) is 5.10 Å². The van der Waals surface area contributed by atoms with Gasteiger partial charge < -0.3 is 15.4 Å². The summed E-state index contributed by atoms with van der Waals surface area (Å²) < 4.78 is 7.32. The lowest BCUT2D eigenvalue weighted by Gasteiger charge is -2.32. The van der Waals surface area contributed by atoms with Crippen molar-refractivity contribution in [3.8, 4) is 16.9 Å². The minimum atomic E-state index is -1.64. The predicted octanol–water partition coefficient (Wildman–Crippen LogP) is 3.20. The molecule has 0 unspecified atom stereocenters. The van der Waals surface area contributed by atoms with Crippen molar-refractivity contribution >= 4 is 29.1 Å². The van der Waals surface area contributed by atoms with Gasteiger partial charge in [-0.3, -0.25) is 24.4 Å². The Morgan fingerprint density at radius 2 is 1.90 bits per heavy atom. The van der Waals surface area contributed by atoms with Crippen LogP contribution < -0.4 is 15.8 Å². The number of carbonyl (C=O) groups excluding carboxylic acids is 3. The second-order valence-electron chi connectivity index (χ2n) is 10.4. The van der Waals surface area contributed by atoms with Gasteiger partial charge in [0.05, 0.1) is 25.4 Å². The molecule has 0 saturated heterocycles. The Kier molecular flexibility index (Phi) is 6.15. The molecule has 9 nitrogen and oxygen atoms in total. The Labute approximate surface area is 225 Å². The molecule has 2 aliphatic rings. The molecule has 2 heterocycles. The van der Waals surface area contributed by atoms with Crippen LogP contribution in [0.5, 0.6) is 5.75 Å². The lowest BCUT2D eigenvalue weighted by Crippen LogP contribution is -2.57. The average Bonchev–Trinajstić information content (AvgIpc) is 3.62. The van der Waals surface area contributed by atoms with E-state index in [9.17, 15) is 14.4 Å². The van der Waals surface area contributed by atoms with E-state index in [-0.39, 0.29) is 12.5 Å². The van der Waals surface area contributed by atoms with Gasteiger partial charge in [0.25, 0.3) is 11.8 Å². The first-order valence-electron chi connectivity index (χ1n) is 13.0. The topological polar surface area (TPSA) is 120 Å². The Bertz CT molecular complexity index is 1590. The number of carbonyl (C=O) groups is 3. The number of amides is 3. The van der Waals surface area contributed by atoms with E-state index >= 15 is 0 Å². The molecule has 0 radical (unpaired) electrons. The van der Waals surface area contributed by atoms with Gasteiger partial charge in [-0.25, -0.2) is 0 Å². The third-order valence-electron chi connectivity index (χ3n) is 7.73. The maximum Gasteiger partial charge on any atom is 0.254 e. The van der Waals surface area contributed by atoms with E-state index in [0.717, 1.165) is 40.1 Å². The molecule has 6 rings (SSSR count). The van der Waals surface area contributed by atoms with Crippen LogP contribution >= 0.6 is 0 Å². The lowest BCUT2D eigenvalue weighted by atomic mass is 9.88. The minimum absolute atomic E-state index is 0.103. The highest BCUT2D eigenvalue weighted by molar-refractivity contribution is 6.00. The van der Waals surface area contributed by atoms with Gasteiger partial charge in [0.15, 0.2) is 0 Å². The molecule has 1 atom stereocenters. The molecule has 3 N–H and O–H groups in total.